The van der Waals surface area contributed by atoms with Crippen molar-refractivity contribution < 1.29 is 0 Å². The molecule has 3 nitrogen and oxygen atoms in total. The zero-order valence-electron chi connectivity index (χ0n) is 16.0. The van der Waals surface area contributed by atoms with Crippen LogP contribution in [0.15, 0.2) is 67.0 Å². The lowest BCUT2D eigenvalue weighted by molar-refractivity contribution is 0.138. The van der Waals surface area contributed by atoms with Gasteiger partial charge in [0.15, 0.2) is 0 Å². The predicted octanol–water partition coefficient (Wildman–Crippen LogP) is 5.10. The van der Waals surface area contributed by atoms with Crippen LogP contribution in [0.2, 0.25) is 0 Å². The van der Waals surface area contributed by atoms with Crippen LogP contribution in [0.4, 0.5) is 0 Å². The highest BCUT2D eigenvalue weighted by molar-refractivity contribution is 5.30. The fourth-order valence-electron chi connectivity index (χ4n) is 4.00. The molecule has 1 fully saturated rings. The van der Waals surface area contributed by atoms with Crippen LogP contribution >= 0.6 is 0 Å². The molecule has 0 bridgehead atoms. The molecule has 3 heteroatoms. The van der Waals surface area contributed by atoms with E-state index in [1.54, 1.807) is 0 Å². The van der Waals surface area contributed by atoms with E-state index in [2.05, 4.69) is 71.5 Å². The number of piperidine rings is 1. The molecule has 1 saturated heterocycles. The van der Waals surface area contributed by atoms with E-state index in [4.69, 9.17) is 4.98 Å². The maximum Gasteiger partial charge on any atom is 0.0544 e. The molecule has 0 radical (unpaired) electrons. The van der Waals surface area contributed by atoms with Crippen LogP contribution in [0.3, 0.4) is 0 Å². The molecule has 27 heavy (non-hydrogen) atoms. The number of rotatable bonds is 5. The number of pyridine rings is 2. The van der Waals surface area contributed by atoms with Crippen molar-refractivity contribution in [2.24, 2.45) is 0 Å². The SMILES string of the molecule is Cc1ccccc1Cc1ccc([C@H]2CCCCN2Cc2ccccn2)cn1. The average Bonchev–Trinajstić information content (AvgIpc) is 2.72. The fourth-order valence-corrected chi connectivity index (χ4v) is 4.00. The minimum atomic E-state index is 0.445. The van der Waals surface area contributed by atoms with E-state index in [1.807, 2.05) is 12.3 Å². The molecular formula is C24H27N3. The Morgan fingerprint density at radius 2 is 1.81 bits per heavy atom. The second-order valence-corrected chi connectivity index (χ2v) is 7.49. The molecule has 3 aromatic rings. The molecule has 0 saturated carbocycles. The molecule has 1 aliphatic heterocycles. The third-order valence-electron chi connectivity index (χ3n) is 5.57. The van der Waals surface area contributed by atoms with Gasteiger partial charge in [-0.3, -0.25) is 14.9 Å². The summed E-state index contributed by atoms with van der Waals surface area (Å²) in [7, 11) is 0. The summed E-state index contributed by atoms with van der Waals surface area (Å²) in [6.07, 6.45) is 8.63. The van der Waals surface area contributed by atoms with Crippen molar-refractivity contribution in [2.45, 2.75) is 45.2 Å². The Balaban J connectivity index is 1.48. The summed E-state index contributed by atoms with van der Waals surface area (Å²) in [5.41, 5.74) is 6.30. The molecule has 138 valence electrons. The first-order valence-corrected chi connectivity index (χ1v) is 9.93. The van der Waals surface area contributed by atoms with E-state index >= 15 is 0 Å². The van der Waals surface area contributed by atoms with Crippen LogP contribution in [0, 0.1) is 6.92 Å². The number of likely N-dealkylation sites (tertiary alicyclic amines) is 1. The van der Waals surface area contributed by atoms with Crippen LogP contribution in [0.1, 0.15) is 53.4 Å². The van der Waals surface area contributed by atoms with Crippen molar-refractivity contribution in [1.82, 2.24) is 14.9 Å². The van der Waals surface area contributed by atoms with Crippen LogP contribution in [0.25, 0.3) is 0 Å². The highest BCUT2D eigenvalue weighted by Crippen LogP contribution is 2.31. The zero-order valence-corrected chi connectivity index (χ0v) is 16.0. The molecule has 1 aromatic carbocycles. The molecule has 0 spiro atoms. The van der Waals surface area contributed by atoms with Gasteiger partial charge in [0.05, 0.1) is 5.69 Å². The van der Waals surface area contributed by atoms with Gasteiger partial charge in [-0.05, 0) is 61.2 Å². The minimum Gasteiger partial charge on any atom is -0.290 e. The van der Waals surface area contributed by atoms with Crippen molar-refractivity contribution in [3.63, 3.8) is 0 Å². The molecule has 0 amide bonds. The Hall–Kier alpha value is -2.52. The molecule has 1 aliphatic rings. The van der Waals surface area contributed by atoms with E-state index in [9.17, 15) is 0 Å². The summed E-state index contributed by atoms with van der Waals surface area (Å²) in [5, 5.41) is 0. The van der Waals surface area contributed by atoms with Gasteiger partial charge >= 0.3 is 0 Å². The molecule has 1 atom stereocenters. The standard InChI is InChI=1S/C24H27N3/c1-19-8-2-3-9-20(19)16-22-13-12-21(17-26-22)24-11-5-7-15-27(24)18-23-10-4-6-14-25-23/h2-4,6,8-10,12-14,17,24H,5,7,11,15-16,18H2,1H3/t24-/m1/s1. The molecule has 0 unspecified atom stereocenters. The number of aryl methyl sites for hydroxylation is 1. The highest BCUT2D eigenvalue weighted by atomic mass is 15.2. The number of aromatic nitrogens is 2. The summed E-state index contributed by atoms with van der Waals surface area (Å²) in [4.78, 5) is 11.9. The van der Waals surface area contributed by atoms with Gasteiger partial charge in [-0.25, -0.2) is 0 Å². The molecule has 3 heterocycles. The molecule has 0 aliphatic carbocycles. The topological polar surface area (TPSA) is 29.0 Å². The second-order valence-electron chi connectivity index (χ2n) is 7.49. The van der Waals surface area contributed by atoms with Gasteiger partial charge in [0.1, 0.15) is 0 Å². The van der Waals surface area contributed by atoms with Crippen molar-refractivity contribution in [3.05, 3.63) is 95.1 Å². The molecule has 2 aromatic heterocycles. The first kappa shape index (κ1) is 17.9. The van der Waals surface area contributed by atoms with Gasteiger partial charge in [-0.2, -0.15) is 0 Å². The lowest BCUT2D eigenvalue weighted by atomic mass is 9.95. The molecule has 4 rings (SSSR count). The number of nitrogens with zero attached hydrogens (tertiary/aromatic N) is 3. The van der Waals surface area contributed by atoms with Crippen molar-refractivity contribution in [2.75, 3.05) is 6.54 Å². The van der Waals surface area contributed by atoms with Crippen molar-refractivity contribution >= 4 is 0 Å². The average molecular weight is 358 g/mol. The lowest BCUT2D eigenvalue weighted by Crippen LogP contribution is -2.33. The Morgan fingerprint density at radius 3 is 2.59 bits per heavy atom. The van der Waals surface area contributed by atoms with E-state index < -0.39 is 0 Å². The summed E-state index contributed by atoms with van der Waals surface area (Å²) < 4.78 is 0. The normalized spacial score (nSPS) is 17.7. The van der Waals surface area contributed by atoms with Gasteiger partial charge in [-0.1, -0.05) is 42.8 Å². The Bertz CT molecular complexity index is 858. The van der Waals surface area contributed by atoms with E-state index in [0.717, 1.165) is 30.9 Å². The van der Waals surface area contributed by atoms with Gasteiger partial charge in [-0.15, -0.1) is 0 Å². The largest absolute Gasteiger partial charge is 0.290 e. The Labute approximate surface area is 162 Å². The van der Waals surface area contributed by atoms with E-state index in [1.165, 1.54) is 36.0 Å². The Morgan fingerprint density at radius 1 is 0.926 bits per heavy atom. The summed E-state index contributed by atoms with van der Waals surface area (Å²) in [6.45, 7) is 4.21. The fraction of sp³-hybridized carbons (Fsp3) is 0.333. The monoisotopic (exact) mass is 357 g/mol. The zero-order chi connectivity index (χ0) is 18.5. The van der Waals surface area contributed by atoms with Crippen LogP contribution in [0.5, 0.6) is 0 Å². The summed E-state index contributed by atoms with van der Waals surface area (Å²) >= 11 is 0. The van der Waals surface area contributed by atoms with Gasteiger partial charge in [0.25, 0.3) is 0 Å². The third-order valence-corrected chi connectivity index (χ3v) is 5.57. The van der Waals surface area contributed by atoms with Crippen molar-refractivity contribution in [3.8, 4) is 0 Å². The van der Waals surface area contributed by atoms with Crippen LogP contribution < -0.4 is 0 Å². The maximum absolute atomic E-state index is 4.79. The number of hydrogen-bond donors (Lipinski definition) is 0. The number of benzene rings is 1. The lowest BCUT2D eigenvalue weighted by Gasteiger charge is -2.35. The smallest absolute Gasteiger partial charge is 0.0544 e. The quantitative estimate of drug-likeness (QED) is 0.636. The predicted molar refractivity (Wildman–Crippen MR) is 109 cm³/mol. The van der Waals surface area contributed by atoms with Crippen LogP contribution in [-0.4, -0.2) is 21.4 Å². The van der Waals surface area contributed by atoms with Crippen LogP contribution in [-0.2, 0) is 13.0 Å². The van der Waals surface area contributed by atoms with Gasteiger partial charge < -0.3 is 0 Å². The third kappa shape index (κ3) is 4.42. The summed E-state index contributed by atoms with van der Waals surface area (Å²) in [5.74, 6) is 0. The van der Waals surface area contributed by atoms with Crippen molar-refractivity contribution in [1.29, 1.82) is 0 Å². The summed E-state index contributed by atoms with van der Waals surface area (Å²) in [6, 6.07) is 19.7. The molecule has 0 N–H and O–H groups in total. The molecular weight excluding hydrogens is 330 g/mol. The van der Waals surface area contributed by atoms with Gasteiger partial charge in [0.2, 0.25) is 0 Å². The maximum atomic E-state index is 4.79. The second kappa shape index (κ2) is 8.45. The minimum absolute atomic E-state index is 0.445. The first-order valence-electron chi connectivity index (χ1n) is 9.93. The Kier molecular flexibility index (Phi) is 5.59. The number of hydrogen-bond acceptors (Lipinski definition) is 3. The van der Waals surface area contributed by atoms with E-state index in [0.29, 0.717) is 6.04 Å². The van der Waals surface area contributed by atoms with E-state index in [-0.39, 0.29) is 0 Å². The highest BCUT2D eigenvalue weighted by Gasteiger charge is 2.24. The van der Waals surface area contributed by atoms with Gasteiger partial charge in [0, 0.05) is 37.1 Å². The first-order chi connectivity index (χ1) is 13.3.